The van der Waals surface area contributed by atoms with Crippen molar-refractivity contribution >= 4 is 17.9 Å². The molecule has 3 rings (SSSR count). The van der Waals surface area contributed by atoms with Crippen LogP contribution in [0.25, 0.3) is 0 Å². The fraction of sp³-hybridized carbons (Fsp3) is 0.667. The van der Waals surface area contributed by atoms with Gasteiger partial charge in [-0.15, -0.1) is 0 Å². The molecular weight excluding hydrogens is 446 g/mol. The van der Waals surface area contributed by atoms with Crippen molar-refractivity contribution in [1.82, 2.24) is 15.5 Å². The van der Waals surface area contributed by atoms with Crippen LogP contribution in [0.15, 0.2) is 24.3 Å². The van der Waals surface area contributed by atoms with E-state index in [1.54, 1.807) is 25.7 Å². The quantitative estimate of drug-likeness (QED) is 0.519. The molecule has 2 aliphatic carbocycles. The Kier molecular flexibility index (Phi) is 8.80. The van der Waals surface area contributed by atoms with E-state index in [0.29, 0.717) is 0 Å². The maximum atomic E-state index is 13.8. The van der Waals surface area contributed by atoms with Crippen molar-refractivity contribution in [2.24, 2.45) is 5.92 Å². The lowest BCUT2D eigenvalue weighted by molar-refractivity contribution is -0.144. The highest BCUT2D eigenvalue weighted by Gasteiger charge is 2.48. The molecule has 0 aliphatic heterocycles. The van der Waals surface area contributed by atoms with Gasteiger partial charge in [0.15, 0.2) is 0 Å². The highest BCUT2D eigenvalue weighted by atomic mass is 16.6. The standard InChI is InChI=1S/C27H41N3O5/c1-17-10-9-11-19(14-17)23(24(32)28-20-12-7-6-8-13-20)30(22-15-18(22)2)25(33)21(16-31)29-26(34)35-27(3,4)5/h9-11,14,18,20-23,31H,6-8,12-13,15-16H2,1-5H3,(H,28,32)(H,29,34). The van der Waals surface area contributed by atoms with Gasteiger partial charge in [0.05, 0.1) is 6.61 Å². The third-order valence-electron chi connectivity index (χ3n) is 6.69. The molecule has 3 N–H and O–H groups in total. The SMILES string of the molecule is Cc1cccc(C(C(=O)NC2CCCCC2)N(C(=O)C(CO)NC(=O)OC(C)(C)C)C2CC2C)c1. The third kappa shape index (κ3) is 7.43. The summed E-state index contributed by atoms with van der Waals surface area (Å²) in [5, 5.41) is 15.7. The minimum Gasteiger partial charge on any atom is -0.444 e. The van der Waals surface area contributed by atoms with Gasteiger partial charge in [0, 0.05) is 12.1 Å². The minimum absolute atomic E-state index is 0.0886. The first-order valence-corrected chi connectivity index (χ1v) is 12.8. The number of benzene rings is 1. The summed E-state index contributed by atoms with van der Waals surface area (Å²) in [4.78, 5) is 41.5. The van der Waals surface area contributed by atoms with Crippen LogP contribution in [0.1, 0.15) is 83.4 Å². The van der Waals surface area contributed by atoms with Crippen molar-refractivity contribution in [1.29, 1.82) is 0 Å². The molecule has 1 aromatic rings. The van der Waals surface area contributed by atoms with E-state index in [4.69, 9.17) is 4.74 Å². The van der Waals surface area contributed by atoms with E-state index in [1.165, 1.54) is 6.42 Å². The number of hydrogen-bond donors (Lipinski definition) is 3. The van der Waals surface area contributed by atoms with E-state index >= 15 is 0 Å². The second kappa shape index (κ2) is 11.4. The molecule has 0 aromatic heterocycles. The van der Waals surface area contributed by atoms with Gasteiger partial charge in [-0.05, 0) is 58.4 Å². The first-order chi connectivity index (χ1) is 16.5. The van der Waals surface area contributed by atoms with Crippen molar-refractivity contribution < 1.29 is 24.2 Å². The van der Waals surface area contributed by atoms with Crippen molar-refractivity contribution in [3.63, 3.8) is 0 Å². The molecule has 4 unspecified atom stereocenters. The van der Waals surface area contributed by atoms with Crippen LogP contribution in [-0.4, -0.2) is 58.2 Å². The van der Waals surface area contributed by atoms with Crippen LogP contribution in [0, 0.1) is 12.8 Å². The molecule has 2 saturated carbocycles. The number of aryl methyl sites for hydroxylation is 1. The van der Waals surface area contributed by atoms with E-state index in [0.717, 1.165) is 43.2 Å². The Morgan fingerprint density at radius 1 is 1.17 bits per heavy atom. The fourth-order valence-electron chi connectivity index (χ4n) is 4.79. The lowest BCUT2D eigenvalue weighted by atomic mass is 9.94. The number of nitrogens with one attached hydrogen (secondary N) is 2. The number of aliphatic hydroxyl groups is 1. The summed E-state index contributed by atoms with van der Waals surface area (Å²) >= 11 is 0. The van der Waals surface area contributed by atoms with E-state index in [-0.39, 0.29) is 23.9 Å². The van der Waals surface area contributed by atoms with E-state index < -0.39 is 36.3 Å². The second-order valence-corrected chi connectivity index (χ2v) is 11.1. The molecule has 0 heterocycles. The average Bonchev–Trinajstić information content (AvgIpc) is 3.50. The number of carbonyl (C=O) groups is 3. The number of hydrogen-bond acceptors (Lipinski definition) is 5. The van der Waals surface area contributed by atoms with Crippen LogP contribution in [0.3, 0.4) is 0 Å². The molecule has 3 amide bonds. The highest BCUT2D eigenvalue weighted by molar-refractivity contribution is 5.92. The van der Waals surface area contributed by atoms with Crippen LogP contribution >= 0.6 is 0 Å². The van der Waals surface area contributed by atoms with Gasteiger partial charge in [0.25, 0.3) is 0 Å². The zero-order valence-corrected chi connectivity index (χ0v) is 21.7. The maximum Gasteiger partial charge on any atom is 0.408 e. The van der Waals surface area contributed by atoms with Crippen LogP contribution in [0.4, 0.5) is 4.79 Å². The Morgan fingerprint density at radius 2 is 1.83 bits per heavy atom. The van der Waals surface area contributed by atoms with Gasteiger partial charge in [0.2, 0.25) is 11.8 Å². The Balaban J connectivity index is 1.91. The number of nitrogens with zero attached hydrogens (tertiary/aromatic N) is 1. The molecule has 4 atom stereocenters. The van der Waals surface area contributed by atoms with Gasteiger partial charge in [-0.1, -0.05) is 56.0 Å². The number of rotatable bonds is 8. The molecule has 0 saturated heterocycles. The van der Waals surface area contributed by atoms with E-state index in [1.807, 2.05) is 38.1 Å². The summed E-state index contributed by atoms with van der Waals surface area (Å²) in [6.07, 6.45) is 5.16. The maximum absolute atomic E-state index is 13.8. The predicted molar refractivity (Wildman–Crippen MR) is 134 cm³/mol. The number of amides is 3. The molecule has 0 spiro atoms. The molecule has 8 heteroatoms. The minimum atomic E-state index is -1.22. The lowest BCUT2D eigenvalue weighted by Crippen LogP contribution is -2.56. The van der Waals surface area contributed by atoms with Crippen molar-refractivity contribution in [3.8, 4) is 0 Å². The monoisotopic (exact) mass is 487 g/mol. The Bertz CT molecular complexity index is 906. The van der Waals surface area contributed by atoms with Gasteiger partial charge in [-0.2, -0.15) is 0 Å². The summed E-state index contributed by atoms with van der Waals surface area (Å²) < 4.78 is 5.29. The van der Waals surface area contributed by atoms with Gasteiger partial charge < -0.3 is 25.4 Å². The molecule has 0 radical (unpaired) electrons. The zero-order valence-electron chi connectivity index (χ0n) is 21.7. The van der Waals surface area contributed by atoms with Crippen LogP contribution in [-0.2, 0) is 14.3 Å². The number of aliphatic hydroxyl groups excluding tert-OH is 1. The molecule has 35 heavy (non-hydrogen) atoms. The van der Waals surface area contributed by atoms with Crippen LogP contribution in [0.2, 0.25) is 0 Å². The number of ether oxygens (including phenoxy) is 1. The van der Waals surface area contributed by atoms with Crippen molar-refractivity contribution in [2.45, 2.75) is 103 Å². The number of carbonyl (C=O) groups excluding carboxylic acids is 3. The molecule has 8 nitrogen and oxygen atoms in total. The fourth-order valence-corrected chi connectivity index (χ4v) is 4.79. The van der Waals surface area contributed by atoms with Gasteiger partial charge in [-0.25, -0.2) is 4.79 Å². The predicted octanol–water partition coefficient (Wildman–Crippen LogP) is 3.61. The van der Waals surface area contributed by atoms with Gasteiger partial charge in [-0.3, -0.25) is 9.59 Å². The summed E-state index contributed by atoms with van der Waals surface area (Å²) in [6, 6.07) is 5.49. The number of alkyl carbamates (subject to hydrolysis) is 1. The summed E-state index contributed by atoms with van der Waals surface area (Å²) in [5.74, 6) is -0.489. The Hall–Kier alpha value is -2.61. The van der Waals surface area contributed by atoms with Crippen LogP contribution in [0.5, 0.6) is 0 Å². The zero-order chi connectivity index (χ0) is 25.8. The van der Waals surface area contributed by atoms with Gasteiger partial charge in [0.1, 0.15) is 17.7 Å². The topological polar surface area (TPSA) is 108 Å². The molecule has 194 valence electrons. The molecule has 2 fully saturated rings. The summed E-state index contributed by atoms with van der Waals surface area (Å²) in [6.45, 7) is 8.57. The summed E-state index contributed by atoms with van der Waals surface area (Å²) in [5.41, 5.74) is 0.960. The normalized spacial score (nSPS) is 22.0. The van der Waals surface area contributed by atoms with E-state index in [2.05, 4.69) is 10.6 Å². The highest BCUT2D eigenvalue weighted by Crippen LogP contribution is 2.41. The first kappa shape index (κ1) is 27.0. The Morgan fingerprint density at radius 3 is 2.37 bits per heavy atom. The third-order valence-corrected chi connectivity index (χ3v) is 6.69. The average molecular weight is 488 g/mol. The van der Waals surface area contributed by atoms with E-state index in [9.17, 15) is 19.5 Å². The second-order valence-electron chi connectivity index (χ2n) is 11.1. The summed E-state index contributed by atoms with van der Waals surface area (Å²) in [7, 11) is 0. The smallest absolute Gasteiger partial charge is 0.408 e. The molecule has 0 bridgehead atoms. The largest absolute Gasteiger partial charge is 0.444 e. The van der Waals surface area contributed by atoms with Crippen molar-refractivity contribution in [3.05, 3.63) is 35.4 Å². The van der Waals surface area contributed by atoms with Crippen LogP contribution < -0.4 is 10.6 Å². The molecule has 1 aromatic carbocycles. The lowest BCUT2D eigenvalue weighted by Gasteiger charge is -2.36. The molecular formula is C27H41N3O5. The molecule has 2 aliphatic rings. The Labute approximate surface area is 208 Å². The first-order valence-electron chi connectivity index (χ1n) is 12.8. The van der Waals surface area contributed by atoms with Crippen molar-refractivity contribution in [2.75, 3.05) is 6.61 Å². The van der Waals surface area contributed by atoms with Gasteiger partial charge >= 0.3 is 6.09 Å².